The van der Waals surface area contributed by atoms with Crippen LogP contribution in [0, 0.1) is 12.8 Å². The minimum absolute atomic E-state index is 0.0223. The zero-order valence-electron chi connectivity index (χ0n) is 25.5. The van der Waals surface area contributed by atoms with Crippen LogP contribution in [0.5, 0.6) is 0 Å². The van der Waals surface area contributed by atoms with Crippen LogP contribution in [0.3, 0.4) is 0 Å². The van der Waals surface area contributed by atoms with Crippen molar-refractivity contribution in [2.24, 2.45) is 5.92 Å². The van der Waals surface area contributed by atoms with Crippen molar-refractivity contribution in [1.82, 2.24) is 10.2 Å². The Labute approximate surface area is 275 Å². The smallest absolute Gasteiger partial charge is 0.264 e. The van der Waals surface area contributed by atoms with Crippen molar-refractivity contribution >= 4 is 50.7 Å². The molecule has 0 aliphatic heterocycles. The third kappa shape index (κ3) is 9.10. The van der Waals surface area contributed by atoms with Crippen molar-refractivity contribution in [3.63, 3.8) is 0 Å². The predicted molar refractivity (Wildman–Crippen MR) is 181 cm³/mol. The van der Waals surface area contributed by atoms with E-state index in [9.17, 15) is 18.0 Å². The van der Waals surface area contributed by atoms with E-state index in [1.54, 1.807) is 55.5 Å². The van der Waals surface area contributed by atoms with Crippen LogP contribution in [0.4, 0.5) is 5.69 Å². The number of nitrogens with one attached hydrogen (secondary N) is 1. The molecule has 0 saturated heterocycles. The molecule has 0 aromatic heterocycles. The fraction of sp³-hybridized carbons (Fsp3) is 0.257. The van der Waals surface area contributed by atoms with E-state index >= 15 is 0 Å². The highest BCUT2D eigenvalue weighted by molar-refractivity contribution is 7.92. The molecule has 0 aliphatic rings. The van der Waals surface area contributed by atoms with Crippen LogP contribution >= 0.6 is 23.2 Å². The fourth-order valence-electron chi connectivity index (χ4n) is 4.89. The van der Waals surface area contributed by atoms with Gasteiger partial charge in [-0.15, -0.1) is 0 Å². The van der Waals surface area contributed by atoms with E-state index in [4.69, 9.17) is 23.2 Å². The van der Waals surface area contributed by atoms with Crippen LogP contribution in [0.1, 0.15) is 30.5 Å². The fourth-order valence-corrected chi connectivity index (χ4v) is 6.76. The Kier molecular flexibility index (Phi) is 11.7. The van der Waals surface area contributed by atoms with Gasteiger partial charge in [0.2, 0.25) is 11.8 Å². The summed E-state index contributed by atoms with van der Waals surface area (Å²) in [5, 5.41) is 3.78. The lowest BCUT2D eigenvalue weighted by Gasteiger charge is -2.34. The number of amides is 2. The summed E-state index contributed by atoms with van der Waals surface area (Å²) in [6, 6.07) is 28.3. The second-order valence-corrected chi connectivity index (χ2v) is 14.0. The highest BCUT2D eigenvalue weighted by Crippen LogP contribution is 2.30. The average molecular weight is 667 g/mol. The number of rotatable bonds is 13. The summed E-state index contributed by atoms with van der Waals surface area (Å²) in [5.41, 5.74) is 2.43. The summed E-state index contributed by atoms with van der Waals surface area (Å²) >= 11 is 12.6. The second-order valence-electron chi connectivity index (χ2n) is 11.3. The van der Waals surface area contributed by atoms with E-state index in [-0.39, 0.29) is 35.4 Å². The lowest BCUT2D eigenvalue weighted by molar-refractivity contribution is -0.140. The average Bonchev–Trinajstić information content (AvgIpc) is 3.02. The molecule has 0 fully saturated rings. The van der Waals surface area contributed by atoms with Gasteiger partial charge in [-0.1, -0.05) is 104 Å². The van der Waals surface area contributed by atoms with E-state index in [1.807, 2.05) is 50.2 Å². The van der Waals surface area contributed by atoms with Gasteiger partial charge in [0, 0.05) is 29.6 Å². The lowest BCUT2D eigenvalue weighted by atomic mass is 10.0. The molecule has 7 nitrogen and oxygen atoms in total. The number of sulfonamides is 1. The SMILES string of the molecule is Cc1ccc(Cl)cc1N(CC(=O)N(Cc1cccc(Cl)c1)[C@@H](Cc1ccccc1)C(=O)NCC(C)C)S(=O)(=O)c1ccccc1. The molecule has 0 unspecified atom stereocenters. The Balaban J connectivity index is 1.82. The monoisotopic (exact) mass is 665 g/mol. The zero-order chi connectivity index (χ0) is 32.6. The number of halogens is 2. The van der Waals surface area contributed by atoms with Gasteiger partial charge in [-0.3, -0.25) is 13.9 Å². The van der Waals surface area contributed by atoms with Crippen LogP contribution in [0.15, 0.2) is 108 Å². The van der Waals surface area contributed by atoms with Gasteiger partial charge in [-0.25, -0.2) is 8.42 Å². The van der Waals surface area contributed by atoms with Gasteiger partial charge in [-0.05, 0) is 65.9 Å². The lowest BCUT2D eigenvalue weighted by Crippen LogP contribution is -2.53. The standard InChI is InChI=1S/C35H37Cl2N3O4S/c1-25(2)22-38-35(42)33(20-27-11-6-4-7-12-27)39(23-28-13-10-14-29(36)19-28)34(41)24-40(32-21-30(37)18-17-26(32)3)45(43,44)31-15-8-5-9-16-31/h4-19,21,25,33H,20,22-24H2,1-3H3,(H,38,42)/t33-/m0/s1. The molecule has 236 valence electrons. The van der Waals surface area contributed by atoms with Crippen LogP contribution in [-0.2, 0) is 32.6 Å². The molecular weight excluding hydrogens is 629 g/mol. The first-order chi connectivity index (χ1) is 21.5. The van der Waals surface area contributed by atoms with Crippen molar-refractivity contribution < 1.29 is 18.0 Å². The minimum atomic E-state index is -4.22. The van der Waals surface area contributed by atoms with Crippen molar-refractivity contribution in [3.05, 3.63) is 130 Å². The third-order valence-electron chi connectivity index (χ3n) is 7.25. The number of hydrogen-bond acceptors (Lipinski definition) is 4. The third-order valence-corrected chi connectivity index (χ3v) is 9.49. The van der Waals surface area contributed by atoms with Gasteiger partial charge in [0.1, 0.15) is 12.6 Å². The number of anilines is 1. The summed E-state index contributed by atoms with van der Waals surface area (Å²) in [4.78, 5) is 29.9. The largest absolute Gasteiger partial charge is 0.354 e. The van der Waals surface area contributed by atoms with Crippen LogP contribution < -0.4 is 9.62 Å². The summed E-state index contributed by atoms with van der Waals surface area (Å²) in [7, 11) is -4.22. The van der Waals surface area contributed by atoms with E-state index in [0.717, 1.165) is 9.87 Å². The first-order valence-electron chi connectivity index (χ1n) is 14.6. The number of hydrogen-bond donors (Lipinski definition) is 1. The van der Waals surface area contributed by atoms with E-state index in [1.165, 1.54) is 23.1 Å². The molecule has 1 N–H and O–H groups in total. The van der Waals surface area contributed by atoms with Crippen LogP contribution in [-0.4, -0.2) is 44.3 Å². The Bertz CT molecular complexity index is 1720. The summed E-state index contributed by atoms with van der Waals surface area (Å²) in [6.07, 6.45) is 0.221. The predicted octanol–water partition coefficient (Wildman–Crippen LogP) is 6.91. The molecule has 4 rings (SSSR count). The van der Waals surface area contributed by atoms with Crippen molar-refractivity contribution in [3.8, 4) is 0 Å². The van der Waals surface area contributed by atoms with Crippen molar-refractivity contribution in [2.45, 2.75) is 44.7 Å². The first kappa shape index (κ1) is 34.0. The molecule has 10 heteroatoms. The molecule has 2 amide bonds. The van der Waals surface area contributed by atoms with Crippen molar-refractivity contribution in [1.29, 1.82) is 0 Å². The highest BCUT2D eigenvalue weighted by atomic mass is 35.5. The summed E-state index contributed by atoms with van der Waals surface area (Å²) < 4.78 is 29.4. The van der Waals surface area contributed by atoms with Crippen LogP contribution in [0.2, 0.25) is 10.0 Å². The Hall–Kier alpha value is -3.85. The molecular formula is C35H37Cl2N3O4S. The minimum Gasteiger partial charge on any atom is -0.354 e. The molecule has 0 bridgehead atoms. The number of benzene rings is 4. The molecule has 0 aliphatic carbocycles. The molecule has 4 aromatic rings. The van der Waals surface area contributed by atoms with E-state index in [0.29, 0.717) is 27.7 Å². The normalized spacial score (nSPS) is 12.0. The van der Waals surface area contributed by atoms with Gasteiger partial charge < -0.3 is 10.2 Å². The maximum Gasteiger partial charge on any atom is 0.264 e. The maximum atomic E-state index is 14.5. The van der Waals surface area contributed by atoms with Gasteiger partial charge in [0.05, 0.1) is 10.6 Å². The highest BCUT2D eigenvalue weighted by Gasteiger charge is 2.35. The molecule has 4 aromatic carbocycles. The quantitative estimate of drug-likeness (QED) is 0.168. The molecule has 45 heavy (non-hydrogen) atoms. The molecule has 0 radical (unpaired) electrons. The van der Waals surface area contributed by atoms with Crippen molar-refractivity contribution in [2.75, 3.05) is 17.4 Å². The summed E-state index contributed by atoms with van der Waals surface area (Å²) in [5.74, 6) is -0.713. The topological polar surface area (TPSA) is 86.8 Å². The maximum absolute atomic E-state index is 14.5. The number of carbonyl (C=O) groups excluding carboxylic acids is 2. The summed E-state index contributed by atoms with van der Waals surface area (Å²) in [6.45, 7) is 5.61. The van der Waals surface area contributed by atoms with E-state index in [2.05, 4.69) is 5.32 Å². The Morgan fingerprint density at radius 3 is 2.07 bits per heavy atom. The molecule has 1 atom stereocenters. The van der Waals surface area contributed by atoms with Gasteiger partial charge in [-0.2, -0.15) is 0 Å². The van der Waals surface area contributed by atoms with Gasteiger partial charge in [0.15, 0.2) is 0 Å². The first-order valence-corrected chi connectivity index (χ1v) is 16.8. The number of aryl methyl sites for hydroxylation is 1. The van der Waals surface area contributed by atoms with E-state index < -0.39 is 28.5 Å². The zero-order valence-corrected chi connectivity index (χ0v) is 27.8. The van der Waals surface area contributed by atoms with Gasteiger partial charge in [0.25, 0.3) is 10.0 Å². The molecule has 0 heterocycles. The number of nitrogens with zero attached hydrogens (tertiary/aromatic N) is 2. The second kappa shape index (κ2) is 15.4. The molecule has 0 saturated carbocycles. The Morgan fingerprint density at radius 1 is 0.800 bits per heavy atom. The number of carbonyl (C=O) groups is 2. The molecule has 0 spiro atoms. The Morgan fingerprint density at radius 2 is 1.42 bits per heavy atom. The van der Waals surface area contributed by atoms with Gasteiger partial charge >= 0.3 is 0 Å². The van der Waals surface area contributed by atoms with Crippen LogP contribution in [0.25, 0.3) is 0 Å².